The minimum Gasteiger partial charge on any atom is -0.508 e. The van der Waals surface area contributed by atoms with E-state index in [1.54, 1.807) is 12.1 Å². The lowest BCUT2D eigenvalue weighted by molar-refractivity contribution is 0.453. The number of benzene rings is 2. The zero-order chi connectivity index (χ0) is 14.5. The van der Waals surface area contributed by atoms with Crippen molar-refractivity contribution in [2.24, 2.45) is 0 Å². The number of phenols is 1. The Kier molecular flexibility index (Phi) is 4.80. The Hall–Kier alpha value is -1.80. The van der Waals surface area contributed by atoms with Crippen LogP contribution < -0.4 is 5.32 Å². The minimum atomic E-state index is 0.298. The Morgan fingerprint density at radius 3 is 2.05 bits per heavy atom. The second-order valence-corrected chi connectivity index (χ2v) is 5.35. The largest absolute Gasteiger partial charge is 0.508 e. The molecule has 2 atom stereocenters. The SMILES string of the molecule is CCC(NC(C)c1ccc(C)cc1)c1ccc(O)cc1. The first-order chi connectivity index (χ1) is 9.60. The van der Waals surface area contributed by atoms with Gasteiger partial charge >= 0.3 is 0 Å². The van der Waals surface area contributed by atoms with Crippen LogP contribution >= 0.6 is 0 Å². The number of hydrogen-bond acceptors (Lipinski definition) is 2. The van der Waals surface area contributed by atoms with Gasteiger partial charge in [0.15, 0.2) is 0 Å². The number of rotatable bonds is 5. The second kappa shape index (κ2) is 6.58. The van der Waals surface area contributed by atoms with Crippen molar-refractivity contribution < 1.29 is 5.11 Å². The van der Waals surface area contributed by atoms with Crippen LogP contribution in [0.5, 0.6) is 5.75 Å². The zero-order valence-electron chi connectivity index (χ0n) is 12.4. The Morgan fingerprint density at radius 1 is 0.950 bits per heavy atom. The molecule has 106 valence electrons. The lowest BCUT2D eigenvalue weighted by atomic mass is 10.0. The minimum absolute atomic E-state index is 0.298. The first-order valence-electron chi connectivity index (χ1n) is 7.21. The van der Waals surface area contributed by atoms with E-state index >= 15 is 0 Å². The zero-order valence-corrected chi connectivity index (χ0v) is 12.4. The van der Waals surface area contributed by atoms with Gasteiger partial charge in [-0.05, 0) is 43.5 Å². The van der Waals surface area contributed by atoms with Gasteiger partial charge in [-0.25, -0.2) is 0 Å². The normalized spacial score (nSPS) is 13.9. The molecule has 0 saturated carbocycles. The van der Waals surface area contributed by atoms with Gasteiger partial charge in [-0.1, -0.05) is 48.9 Å². The van der Waals surface area contributed by atoms with Gasteiger partial charge in [0.2, 0.25) is 0 Å². The van der Waals surface area contributed by atoms with E-state index in [1.165, 1.54) is 16.7 Å². The molecular formula is C18H23NO. The van der Waals surface area contributed by atoms with Crippen LogP contribution in [0.1, 0.15) is 49.0 Å². The first-order valence-corrected chi connectivity index (χ1v) is 7.21. The lowest BCUT2D eigenvalue weighted by Crippen LogP contribution is -2.24. The third kappa shape index (κ3) is 3.61. The van der Waals surface area contributed by atoms with E-state index in [0.29, 0.717) is 17.8 Å². The van der Waals surface area contributed by atoms with Crippen LogP contribution in [0.4, 0.5) is 0 Å². The van der Waals surface area contributed by atoms with Gasteiger partial charge in [0.05, 0.1) is 0 Å². The number of aryl methyl sites for hydroxylation is 1. The molecule has 20 heavy (non-hydrogen) atoms. The highest BCUT2D eigenvalue weighted by atomic mass is 16.3. The Balaban J connectivity index is 2.09. The molecule has 2 nitrogen and oxygen atoms in total. The summed E-state index contributed by atoms with van der Waals surface area (Å²) in [5.74, 6) is 0.315. The lowest BCUT2D eigenvalue weighted by Gasteiger charge is -2.23. The molecule has 2 aromatic carbocycles. The van der Waals surface area contributed by atoms with Crippen molar-refractivity contribution in [1.82, 2.24) is 5.32 Å². The van der Waals surface area contributed by atoms with Crippen LogP contribution in [0.15, 0.2) is 48.5 Å². The summed E-state index contributed by atoms with van der Waals surface area (Å²) >= 11 is 0. The third-order valence-electron chi connectivity index (χ3n) is 3.73. The third-order valence-corrected chi connectivity index (χ3v) is 3.73. The van der Waals surface area contributed by atoms with E-state index < -0.39 is 0 Å². The fraction of sp³-hybridized carbons (Fsp3) is 0.333. The summed E-state index contributed by atoms with van der Waals surface area (Å²) in [4.78, 5) is 0. The van der Waals surface area contributed by atoms with Crippen molar-refractivity contribution in [3.05, 3.63) is 65.2 Å². The van der Waals surface area contributed by atoms with Crippen molar-refractivity contribution >= 4 is 0 Å². The molecule has 0 heterocycles. The molecule has 0 aromatic heterocycles. The van der Waals surface area contributed by atoms with Crippen molar-refractivity contribution in [2.45, 2.75) is 39.3 Å². The van der Waals surface area contributed by atoms with Gasteiger partial charge in [-0.2, -0.15) is 0 Å². The molecule has 2 unspecified atom stereocenters. The van der Waals surface area contributed by atoms with Crippen molar-refractivity contribution in [3.8, 4) is 5.75 Å². The van der Waals surface area contributed by atoms with E-state index in [1.807, 2.05) is 12.1 Å². The van der Waals surface area contributed by atoms with Crippen LogP contribution in [-0.4, -0.2) is 5.11 Å². The molecule has 0 fully saturated rings. The van der Waals surface area contributed by atoms with Crippen LogP contribution in [0, 0.1) is 6.92 Å². The molecule has 0 amide bonds. The van der Waals surface area contributed by atoms with Crippen molar-refractivity contribution in [3.63, 3.8) is 0 Å². The molecule has 0 aliphatic carbocycles. The summed E-state index contributed by atoms with van der Waals surface area (Å²) < 4.78 is 0. The topological polar surface area (TPSA) is 32.3 Å². The van der Waals surface area contributed by atoms with Crippen LogP contribution in [-0.2, 0) is 0 Å². The van der Waals surface area contributed by atoms with Gasteiger partial charge in [0, 0.05) is 12.1 Å². The highest BCUT2D eigenvalue weighted by molar-refractivity contribution is 5.29. The molecule has 0 aliphatic heterocycles. The maximum absolute atomic E-state index is 9.38. The number of hydrogen-bond donors (Lipinski definition) is 2. The number of phenolic OH excluding ortho intramolecular Hbond substituents is 1. The monoisotopic (exact) mass is 269 g/mol. The number of nitrogens with one attached hydrogen (secondary N) is 1. The summed E-state index contributed by atoms with van der Waals surface area (Å²) in [6.45, 7) is 6.47. The second-order valence-electron chi connectivity index (χ2n) is 5.35. The predicted molar refractivity (Wildman–Crippen MR) is 83.9 cm³/mol. The molecule has 0 spiro atoms. The fourth-order valence-corrected chi connectivity index (χ4v) is 2.41. The Bertz CT molecular complexity index is 530. The summed E-state index contributed by atoms with van der Waals surface area (Å²) in [6.07, 6.45) is 1.01. The van der Waals surface area contributed by atoms with E-state index in [0.717, 1.165) is 6.42 Å². The fourth-order valence-electron chi connectivity index (χ4n) is 2.41. The van der Waals surface area contributed by atoms with E-state index in [2.05, 4.69) is 50.4 Å². The van der Waals surface area contributed by atoms with Gasteiger partial charge < -0.3 is 10.4 Å². The molecule has 2 aromatic rings. The average Bonchev–Trinajstić information content (AvgIpc) is 2.46. The van der Waals surface area contributed by atoms with E-state index in [-0.39, 0.29) is 0 Å². The standard InChI is InChI=1S/C18H23NO/c1-4-18(16-9-11-17(20)12-10-16)19-14(3)15-7-5-13(2)6-8-15/h5-12,14,18-20H,4H2,1-3H3. The highest BCUT2D eigenvalue weighted by Crippen LogP contribution is 2.23. The molecular weight excluding hydrogens is 246 g/mol. The van der Waals surface area contributed by atoms with Gasteiger partial charge in [-0.15, -0.1) is 0 Å². The smallest absolute Gasteiger partial charge is 0.115 e. The summed E-state index contributed by atoms with van der Waals surface area (Å²) in [7, 11) is 0. The van der Waals surface area contributed by atoms with Crippen LogP contribution in [0.25, 0.3) is 0 Å². The molecule has 2 heteroatoms. The van der Waals surface area contributed by atoms with Crippen LogP contribution in [0.3, 0.4) is 0 Å². The molecule has 2 N–H and O–H groups in total. The van der Waals surface area contributed by atoms with Gasteiger partial charge in [0.25, 0.3) is 0 Å². The molecule has 0 aliphatic rings. The predicted octanol–water partition coefficient (Wildman–Crippen LogP) is 4.50. The number of aromatic hydroxyl groups is 1. The quantitative estimate of drug-likeness (QED) is 0.837. The summed E-state index contributed by atoms with van der Waals surface area (Å²) in [5, 5.41) is 13.0. The van der Waals surface area contributed by atoms with E-state index in [4.69, 9.17) is 0 Å². The summed E-state index contributed by atoms with van der Waals surface area (Å²) in [6, 6.07) is 16.7. The highest BCUT2D eigenvalue weighted by Gasteiger charge is 2.13. The van der Waals surface area contributed by atoms with Gasteiger partial charge in [0.1, 0.15) is 5.75 Å². The molecule has 0 radical (unpaired) electrons. The Morgan fingerprint density at radius 2 is 1.50 bits per heavy atom. The molecule has 0 bridgehead atoms. The maximum atomic E-state index is 9.38. The molecule has 2 rings (SSSR count). The molecule has 0 saturated heterocycles. The maximum Gasteiger partial charge on any atom is 0.115 e. The van der Waals surface area contributed by atoms with Crippen molar-refractivity contribution in [2.75, 3.05) is 0 Å². The Labute approximate surface area is 121 Å². The first kappa shape index (κ1) is 14.6. The average molecular weight is 269 g/mol. The van der Waals surface area contributed by atoms with Gasteiger partial charge in [-0.3, -0.25) is 0 Å². The summed E-state index contributed by atoms with van der Waals surface area (Å²) in [5.41, 5.74) is 3.80. The van der Waals surface area contributed by atoms with E-state index in [9.17, 15) is 5.11 Å². The van der Waals surface area contributed by atoms with Crippen molar-refractivity contribution in [1.29, 1.82) is 0 Å². The van der Waals surface area contributed by atoms with Crippen LogP contribution in [0.2, 0.25) is 0 Å².